The first kappa shape index (κ1) is 13.9. The van der Waals surface area contributed by atoms with Crippen molar-refractivity contribution in [1.29, 1.82) is 0 Å². The van der Waals surface area contributed by atoms with Crippen molar-refractivity contribution in [2.75, 3.05) is 32.8 Å². The predicted molar refractivity (Wildman–Crippen MR) is 61.6 cm³/mol. The summed E-state index contributed by atoms with van der Waals surface area (Å²) in [4.78, 5) is 2.38. The zero-order valence-corrected chi connectivity index (χ0v) is 9.92. The fourth-order valence-corrected chi connectivity index (χ4v) is 1.81. The highest BCUT2D eigenvalue weighted by Crippen LogP contribution is 2.06. The molecule has 3 nitrogen and oxygen atoms in total. The molecule has 0 aromatic rings. The van der Waals surface area contributed by atoms with E-state index in [0.717, 1.165) is 26.2 Å². The van der Waals surface area contributed by atoms with E-state index < -0.39 is 0 Å². The molecular weight excluding hydrogens is 176 g/mol. The molecule has 0 fully saturated rings. The first-order chi connectivity index (χ1) is 6.79. The van der Waals surface area contributed by atoms with Crippen molar-refractivity contribution in [3.63, 3.8) is 0 Å². The molecule has 0 bridgehead atoms. The molecule has 0 radical (unpaired) electrons. The van der Waals surface area contributed by atoms with Crippen molar-refractivity contribution in [2.24, 2.45) is 0 Å². The summed E-state index contributed by atoms with van der Waals surface area (Å²) < 4.78 is 0. The molecule has 2 N–H and O–H groups in total. The lowest BCUT2D eigenvalue weighted by atomic mass is 10.1. The zero-order chi connectivity index (χ0) is 10.8. The molecule has 0 amide bonds. The van der Waals surface area contributed by atoms with Crippen LogP contribution in [-0.2, 0) is 0 Å². The van der Waals surface area contributed by atoms with Crippen LogP contribution in [0.25, 0.3) is 0 Å². The van der Waals surface area contributed by atoms with Gasteiger partial charge in [-0.25, -0.2) is 0 Å². The minimum absolute atomic E-state index is 0.266. The second kappa shape index (κ2) is 9.44. The highest BCUT2D eigenvalue weighted by atomic mass is 16.3. The van der Waals surface area contributed by atoms with E-state index >= 15 is 0 Å². The van der Waals surface area contributed by atoms with E-state index in [1.54, 1.807) is 0 Å². The minimum Gasteiger partial charge on any atom is -0.395 e. The lowest BCUT2D eigenvalue weighted by Crippen LogP contribution is -2.41. The summed E-state index contributed by atoms with van der Waals surface area (Å²) in [6.45, 7) is 10.7. The van der Waals surface area contributed by atoms with Gasteiger partial charge in [0.05, 0.1) is 6.61 Å². The number of hydrogen-bond donors (Lipinski definition) is 2. The van der Waals surface area contributed by atoms with Gasteiger partial charge in [0.15, 0.2) is 0 Å². The molecule has 0 aliphatic carbocycles. The van der Waals surface area contributed by atoms with E-state index in [1.165, 1.54) is 12.8 Å². The van der Waals surface area contributed by atoms with Crippen LogP contribution in [0.3, 0.4) is 0 Å². The Hall–Kier alpha value is -0.120. The molecule has 0 heterocycles. The molecule has 3 heteroatoms. The Kier molecular flexibility index (Phi) is 9.35. The first-order valence-corrected chi connectivity index (χ1v) is 5.85. The number of nitrogens with one attached hydrogen (secondary N) is 1. The number of nitrogens with zero attached hydrogens (tertiary/aromatic N) is 1. The van der Waals surface area contributed by atoms with Gasteiger partial charge in [-0.2, -0.15) is 0 Å². The highest BCUT2D eigenvalue weighted by Gasteiger charge is 2.13. The molecule has 0 spiro atoms. The number of likely N-dealkylation sites (N-methyl/N-ethyl adjacent to an activating group) is 1. The van der Waals surface area contributed by atoms with E-state index in [1.807, 2.05) is 0 Å². The molecular formula is C11H26N2O. The fraction of sp³-hybridized carbons (Fsp3) is 1.00. The van der Waals surface area contributed by atoms with Crippen molar-refractivity contribution in [1.82, 2.24) is 10.2 Å². The predicted octanol–water partition coefficient (Wildman–Crippen LogP) is 1.08. The molecule has 0 atom stereocenters. The molecule has 86 valence electrons. The van der Waals surface area contributed by atoms with Gasteiger partial charge in [-0.3, -0.25) is 4.90 Å². The molecule has 0 aliphatic rings. The maximum absolute atomic E-state index is 8.97. The standard InChI is InChI=1S/C11H26N2O/c1-4-11(5-2)13(9-10-14)8-7-12-6-3/h11-12,14H,4-10H2,1-3H3. The Morgan fingerprint density at radius 1 is 1.14 bits per heavy atom. The van der Waals surface area contributed by atoms with Crippen molar-refractivity contribution in [3.8, 4) is 0 Å². The third kappa shape index (κ3) is 5.58. The maximum atomic E-state index is 8.97. The normalized spacial score (nSPS) is 11.6. The number of aliphatic hydroxyl groups excluding tert-OH is 1. The van der Waals surface area contributed by atoms with Crippen LogP contribution in [0.15, 0.2) is 0 Å². The van der Waals surface area contributed by atoms with Gasteiger partial charge in [0, 0.05) is 25.7 Å². The second-order valence-electron chi connectivity index (χ2n) is 3.58. The van der Waals surface area contributed by atoms with Crippen molar-refractivity contribution < 1.29 is 5.11 Å². The summed E-state index contributed by atoms with van der Waals surface area (Å²) in [6, 6.07) is 0.626. The van der Waals surface area contributed by atoms with E-state index in [0.29, 0.717) is 6.04 Å². The fourth-order valence-electron chi connectivity index (χ4n) is 1.81. The van der Waals surface area contributed by atoms with Crippen molar-refractivity contribution >= 4 is 0 Å². The van der Waals surface area contributed by atoms with E-state index in [4.69, 9.17) is 5.11 Å². The minimum atomic E-state index is 0.266. The largest absolute Gasteiger partial charge is 0.395 e. The van der Waals surface area contributed by atoms with Gasteiger partial charge >= 0.3 is 0 Å². The quantitative estimate of drug-likeness (QED) is 0.549. The highest BCUT2D eigenvalue weighted by molar-refractivity contribution is 4.69. The van der Waals surface area contributed by atoms with Crippen LogP contribution in [0.1, 0.15) is 33.6 Å². The summed E-state index contributed by atoms with van der Waals surface area (Å²) in [5.74, 6) is 0. The van der Waals surface area contributed by atoms with Crippen LogP contribution in [0.5, 0.6) is 0 Å². The Morgan fingerprint density at radius 2 is 1.79 bits per heavy atom. The third-order valence-electron chi connectivity index (χ3n) is 2.67. The van der Waals surface area contributed by atoms with Gasteiger partial charge in [-0.15, -0.1) is 0 Å². The first-order valence-electron chi connectivity index (χ1n) is 5.85. The molecule has 0 unspecified atom stereocenters. The average molecular weight is 202 g/mol. The van der Waals surface area contributed by atoms with Crippen molar-refractivity contribution in [2.45, 2.75) is 39.7 Å². The third-order valence-corrected chi connectivity index (χ3v) is 2.67. The Bertz CT molecular complexity index is 116. The van der Waals surface area contributed by atoms with Gasteiger partial charge < -0.3 is 10.4 Å². The van der Waals surface area contributed by atoms with Gasteiger partial charge in [-0.1, -0.05) is 20.8 Å². The zero-order valence-electron chi connectivity index (χ0n) is 9.92. The summed E-state index contributed by atoms with van der Waals surface area (Å²) in [5.41, 5.74) is 0. The van der Waals surface area contributed by atoms with Gasteiger partial charge in [0.25, 0.3) is 0 Å². The van der Waals surface area contributed by atoms with Crippen LogP contribution in [0.4, 0.5) is 0 Å². The Balaban J connectivity index is 3.85. The number of hydrogen-bond acceptors (Lipinski definition) is 3. The molecule has 14 heavy (non-hydrogen) atoms. The lowest BCUT2D eigenvalue weighted by Gasteiger charge is -2.29. The van der Waals surface area contributed by atoms with E-state index in [9.17, 15) is 0 Å². The lowest BCUT2D eigenvalue weighted by molar-refractivity contribution is 0.144. The Morgan fingerprint density at radius 3 is 2.21 bits per heavy atom. The second-order valence-corrected chi connectivity index (χ2v) is 3.58. The maximum Gasteiger partial charge on any atom is 0.0558 e. The summed E-state index contributed by atoms with van der Waals surface area (Å²) in [7, 11) is 0. The smallest absolute Gasteiger partial charge is 0.0558 e. The molecule has 0 aliphatic heterocycles. The topological polar surface area (TPSA) is 35.5 Å². The average Bonchev–Trinajstić information content (AvgIpc) is 2.20. The van der Waals surface area contributed by atoms with Crippen LogP contribution >= 0.6 is 0 Å². The van der Waals surface area contributed by atoms with Gasteiger partial charge in [0.1, 0.15) is 0 Å². The molecule has 0 aromatic heterocycles. The monoisotopic (exact) mass is 202 g/mol. The number of rotatable bonds is 9. The van der Waals surface area contributed by atoms with Crippen LogP contribution in [0.2, 0.25) is 0 Å². The van der Waals surface area contributed by atoms with Crippen molar-refractivity contribution in [3.05, 3.63) is 0 Å². The Labute approximate surface area is 88.5 Å². The summed E-state index contributed by atoms with van der Waals surface area (Å²) in [6.07, 6.45) is 2.34. The summed E-state index contributed by atoms with van der Waals surface area (Å²) in [5, 5.41) is 12.3. The van der Waals surface area contributed by atoms with Crippen LogP contribution in [0, 0.1) is 0 Å². The molecule has 0 saturated carbocycles. The van der Waals surface area contributed by atoms with Gasteiger partial charge in [0.2, 0.25) is 0 Å². The van der Waals surface area contributed by atoms with E-state index in [-0.39, 0.29) is 6.61 Å². The molecule has 0 aromatic carbocycles. The van der Waals surface area contributed by atoms with Crippen LogP contribution in [-0.4, -0.2) is 48.8 Å². The SMILES string of the molecule is CCNCCN(CCO)C(CC)CC. The molecule has 0 saturated heterocycles. The molecule has 0 rings (SSSR count). The summed E-state index contributed by atoms with van der Waals surface area (Å²) >= 11 is 0. The number of aliphatic hydroxyl groups is 1. The van der Waals surface area contributed by atoms with E-state index in [2.05, 4.69) is 31.0 Å². The van der Waals surface area contributed by atoms with Gasteiger partial charge in [-0.05, 0) is 19.4 Å². The van der Waals surface area contributed by atoms with Crippen LogP contribution < -0.4 is 5.32 Å².